The molecular weight excluding hydrogens is 379 g/mol. The first-order valence-corrected chi connectivity index (χ1v) is 8.70. The van der Waals surface area contributed by atoms with Crippen LogP contribution in [-0.2, 0) is 11.0 Å². The van der Waals surface area contributed by atoms with E-state index in [0.29, 0.717) is 22.7 Å². The Labute approximate surface area is 156 Å². The first kappa shape index (κ1) is 18.7. The van der Waals surface area contributed by atoms with Gasteiger partial charge in [0.05, 0.1) is 17.2 Å². The van der Waals surface area contributed by atoms with Gasteiger partial charge in [-0.15, -0.1) is 10.2 Å². The topological polar surface area (TPSA) is 83.1 Å². The molecule has 0 saturated heterocycles. The smallest absolute Gasteiger partial charge is 0.326 e. The maximum absolute atomic E-state index is 12.8. The van der Waals surface area contributed by atoms with Crippen molar-refractivity contribution < 1.29 is 18.0 Å². The van der Waals surface area contributed by atoms with E-state index >= 15 is 0 Å². The molecular formula is C17H12F3N5OS. The summed E-state index contributed by atoms with van der Waals surface area (Å²) in [6.45, 7) is 0. The molecule has 0 aliphatic heterocycles. The van der Waals surface area contributed by atoms with Crippen molar-refractivity contribution in [3.63, 3.8) is 0 Å². The Kier molecular flexibility index (Phi) is 5.32. The van der Waals surface area contributed by atoms with E-state index in [1.165, 1.54) is 10.5 Å². The lowest BCUT2D eigenvalue weighted by Crippen LogP contribution is -2.12. The second-order valence-corrected chi connectivity index (χ2v) is 6.53. The maximum Gasteiger partial charge on any atom is 0.417 e. The normalized spacial score (nSPS) is 11.3. The molecule has 10 heteroatoms. The van der Waals surface area contributed by atoms with Gasteiger partial charge in [0.2, 0.25) is 5.91 Å². The molecule has 0 fully saturated rings. The van der Waals surface area contributed by atoms with Crippen LogP contribution < -0.4 is 5.32 Å². The highest BCUT2D eigenvalue weighted by Gasteiger charge is 2.31. The van der Waals surface area contributed by atoms with Crippen molar-refractivity contribution in [2.45, 2.75) is 17.8 Å². The third-order valence-corrected chi connectivity index (χ3v) is 4.48. The van der Waals surface area contributed by atoms with Crippen LogP contribution in [0.25, 0.3) is 5.65 Å². The summed E-state index contributed by atoms with van der Waals surface area (Å²) in [6.07, 6.45) is -3.40. The molecule has 0 atom stereocenters. The number of hydrogen-bond acceptors (Lipinski definition) is 5. The van der Waals surface area contributed by atoms with E-state index in [4.69, 9.17) is 5.26 Å². The zero-order valence-electron chi connectivity index (χ0n) is 13.7. The van der Waals surface area contributed by atoms with Crippen molar-refractivity contribution in [3.8, 4) is 6.07 Å². The molecule has 3 rings (SSSR count). The molecule has 0 radical (unpaired) electrons. The minimum atomic E-state index is -4.46. The molecule has 0 aliphatic rings. The van der Waals surface area contributed by atoms with Gasteiger partial charge in [-0.25, -0.2) is 0 Å². The van der Waals surface area contributed by atoms with E-state index in [2.05, 4.69) is 15.5 Å². The molecule has 1 N–H and O–H groups in total. The molecule has 0 bridgehead atoms. The summed E-state index contributed by atoms with van der Waals surface area (Å²) in [5.74, 6) is 0.0308. The first-order valence-electron chi connectivity index (χ1n) is 7.71. The molecule has 3 aromatic rings. The quantitative estimate of drug-likeness (QED) is 0.670. The number of benzene rings is 1. The van der Waals surface area contributed by atoms with Crippen LogP contribution in [0.1, 0.15) is 17.5 Å². The summed E-state index contributed by atoms with van der Waals surface area (Å²) >= 11 is 1.13. The number of anilines is 1. The van der Waals surface area contributed by atoms with Gasteiger partial charge in [0.15, 0.2) is 10.8 Å². The molecule has 0 unspecified atom stereocenters. The van der Waals surface area contributed by atoms with E-state index in [1.54, 1.807) is 24.3 Å². The lowest BCUT2D eigenvalue weighted by atomic mass is 10.2. The Balaban J connectivity index is 1.61. The molecule has 1 aromatic carbocycles. The molecule has 2 aromatic heterocycles. The van der Waals surface area contributed by atoms with E-state index in [9.17, 15) is 18.0 Å². The largest absolute Gasteiger partial charge is 0.417 e. The number of carbonyl (C=O) groups excluding carboxylic acids is 1. The minimum Gasteiger partial charge on any atom is -0.326 e. The lowest BCUT2D eigenvalue weighted by molar-refractivity contribution is -0.137. The summed E-state index contributed by atoms with van der Waals surface area (Å²) in [5, 5.41) is 19.5. The van der Waals surface area contributed by atoms with Crippen LogP contribution in [0.15, 0.2) is 47.8 Å². The van der Waals surface area contributed by atoms with E-state index in [1.807, 2.05) is 6.07 Å². The summed E-state index contributed by atoms with van der Waals surface area (Å²) in [4.78, 5) is 12.0. The standard InChI is InChI=1S/C17H12F3N5OS/c18-17(19,20)12-4-5-14-23-24-16(25(14)10-12)27-7-6-15(26)22-13-3-1-2-11(8-13)9-21/h1-5,8,10H,6-7H2,(H,22,26). The number of rotatable bonds is 5. The number of halogens is 3. The van der Waals surface area contributed by atoms with Crippen LogP contribution in [0.4, 0.5) is 18.9 Å². The molecule has 0 spiro atoms. The summed E-state index contributed by atoms with van der Waals surface area (Å²) < 4.78 is 39.8. The highest BCUT2D eigenvalue weighted by molar-refractivity contribution is 7.99. The van der Waals surface area contributed by atoms with Gasteiger partial charge in [-0.05, 0) is 30.3 Å². The monoisotopic (exact) mass is 391 g/mol. The zero-order chi connectivity index (χ0) is 19.4. The number of hydrogen-bond donors (Lipinski definition) is 1. The Bertz CT molecular complexity index is 1030. The molecule has 2 heterocycles. The van der Waals surface area contributed by atoms with Crippen LogP contribution in [-0.4, -0.2) is 26.3 Å². The van der Waals surface area contributed by atoms with Gasteiger partial charge in [0.1, 0.15) is 0 Å². The molecule has 6 nitrogen and oxygen atoms in total. The molecule has 1 amide bonds. The number of pyridine rings is 1. The number of carbonyl (C=O) groups is 1. The van der Waals surface area contributed by atoms with Crippen molar-refractivity contribution in [1.82, 2.24) is 14.6 Å². The zero-order valence-corrected chi connectivity index (χ0v) is 14.5. The fraction of sp³-hybridized carbons (Fsp3) is 0.176. The predicted octanol–water partition coefficient (Wildman–Crippen LogP) is 3.74. The van der Waals surface area contributed by atoms with Gasteiger partial charge in [0.25, 0.3) is 0 Å². The van der Waals surface area contributed by atoms with Gasteiger partial charge in [-0.2, -0.15) is 18.4 Å². The van der Waals surface area contributed by atoms with Gasteiger partial charge in [-0.1, -0.05) is 17.8 Å². The minimum absolute atomic E-state index is 0.120. The van der Waals surface area contributed by atoms with Gasteiger partial charge in [-0.3, -0.25) is 9.20 Å². The highest BCUT2D eigenvalue weighted by atomic mass is 32.2. The number of nitriles is 1. The van der Waals surface area contributed by atoms with Crippen molar-refractivity contribution in [2.24, 2.45) is 0 Å². The van der Waals surface area contributed by atoms with Gasteiger partial charge < -0.3 is 5.32 Å². The number of nitrogens with zero attached hydrogens (tertiary/aromatic N) is 4. The second-order valence-electron chi connectivity index (χ2n) is 5.47. The number of nitrogens with one attached hydrogen (secondary N) is 1. The van der Waals surface area contributed by atoms with Crippen molar-refractivity contribution in [3.05, 3.63) is 53.7 Å². The number of amides is 1. The molecule has 138 valence electrons. The average molecular weight is 391 g/mol. The maximum atomic E-state index is 12.8. The van der Waals surface area contributed by atoms with Crippen LogP contribution >= 0.6 is 11.8 Å². The van der Waals surface area contributed by atoms with Crippen LogP contribution in [0, 0.1) is 11.3 Å². The third-order valence-electron chi connectivity index (χ3n) is 3.53. The van der Waals surface area contributed by atoms with Crippen molar-refractivity contribution >= 4 is 29.0 Å². The lowest BCUT2D eigenvalue weighted by Gasteiger charge is -2.07. The fourth-order valence-corrected chi connectivity index (χ4v) is 3.11. The highest BCUT2D eigenvalue weighted by Crippen LogP contribution is 2.30. The molecule has 0 aliphatic carbocycles. The number of fused-ring (bicyclic) bond motifs is 1. The number of aromatic nitrogens is 3. The summed E-state index contributed by atoms with van der Waals surface area (Å²) in [7, 11) is 0. The Morgan fingerprint density at radius 1 is 1.26 bits per heavy atom. The van der Waals surface area contributed by atoms with Crippen LogP contribution in [0.2, 0.25) is 0 Å². The summed E-state index contributed by atoms with van der Waals surface area (Å²) in [5.41, 5.74) is 0.430. The molecule has 27 heavy (non-hydrogen) atoms. The SMILES string of the molecule is N#Cc1cccc(NC(=O)CCSc2nnc3ccc(C(F)(F)F)cn23)c1. The Morgan fingerprint density at radius 3 is 2.81 bits per heavy atom. The van der Waals surface area contributed by atoms with Crippen LogP contribution in [0.5, 0.6) is 0 Å². The molecule has 0 saturated carbocycles. The fourth-order valence-electron chi connectivity index (χ4n) is 2.26. The average Bonchev–Trinajstić information content (AvgIpc) is 3.03. The Hall–Kier alpha value is -3.06. The Morgan fingerprint density at radius 2 is 2.07 bits per heavy atom. The van der Waals surface area contributed by atoms with Crippen molar-refractivity contribution in [1.29, 1.82) is 5.26 Å². The van der Waals surface area contributed by atoms with E-state index in [0.717, 1.165) is 24.0 Å². The van der Waals surface area contributed by atoms with E-state index in [-0.39, 0.29) is 17.5 Å². The first-order chi connectivity index (χ1) is 12.9. The van der Waals surface area contributed by atoms with Crippen molar-refractivity contribution in [2.75, 3.05) is 11.1 Å². The number of thioether (sulfide) groups is 1. The van der Waals surface area contributed by atoms with Gasteiger partial charge >= 0.3 is 6.18 Å². The summed E-state index contributed by atoms with van der Waals surface area (Å²) in [6, 6.07) is 10.7. The second kappa shape index (κ2) is 7.67. The van der Waals surface area contributed by atoms with Crippen LogP contribution in [0.3, 0.4) is 0 Å². The number of alkyl halides is 3. The third kappa shape index (κ3) is 4.57. The predicted molar refractivity (Wildman–Crippen MR) is 93.1 cm³/mol. The van der Waals surface area contributed by atoms with E-state index < -0.39 is 11.7 Å². The van der Waals surface area contributed by atoms with Gasteiger partial charge in [0, 0.05) is 24.1 Å².